The lowest BCUT2D eigenvalue weighted by atomic mass is 10.7. The number of rotatable bonds is 0. The minimum Gasteiger partial charge on any atom is -0.449 e. The number of hydrogen-bond donors (Lipinski definition) is 2. The molecule has 0 fully saturated rings. The predicted molar refractivity (Wildman–Crippen MR) is 41.5 cm³/mol. The standard InChI is InChI=1S/C4H4S.C2H2O5/c1-2-4-5-3-1;3-1(4)7-2(5)6/h1-4H;(H,3,4)(H,5,6). The summed E-state index contributed by atoms with van der Waals surface area (Å²) in [5.74, 6) is 0. The van der Waals surface area contributed by atoms with Crippen LogP contribution in [0.4, 0.5) is 9.59 Å². The average Bonchev–Trinajstić information content (AvgIpc) is 2.36. The number of thiophene rings is 1. The summed E-state index contributed by atoms with van der Waals surface area (Å²) in [7, 11) is 0. The van der Waals surface area contributed by atoms with Gasteiger partial charge in [-0.2, -0.15) is 11.3 Å². The van der Waals surface area contributed by atoms with Crippen LogP contribution in [0.15, 0.2) is 22.9 Å². The molecule has 1 rings (SSSR count). The number of carbonyl (C=O) groups is 2. The van der Waals surface area contributed by atoms with Gasteiger partial charge in [0.2, 0.25) is 0 Å². The van der Waals surface area contributed by atoms with Crippen molar-refractivity contribution in [2.45, 2.75) is 0 Å². The van der Waals surface area contributed by atoms with Crippen LogP contribution in [0.3, 0.4) is 0 Å². The molecule has 66 valence electrons. The quantitative estimate of drug-likeness (QED) is 0.483. The smallest absolute Gasteiger partial charge is 0.449 e. The highest BCUT2D eigenvalue weighted by Crippen LogP contribution is 1.91. The lowest BCUT2D eigenvalue weighted by Gasteiger charge is -1.84. The molecule has 0 spiro atoms. The topological polar surface area (TPSA) is 83.8 Å². The van der Waals surface area contributed by atoms with Gasteiger partial charge in [0.1, 0.15) is 0 Å². The van der Waals surface area contributed by atoms with E-state index >= 15 is 0 Å². The van der Waals surface area contributed by atoms with Gasteiger partial charge in [0, 0.05) is 0 Å². The molecule has 0 unspecified atom stereocenters. The van der Waals surface area contributed by atoms with Crippen LogP contribution < -0.4 is 0 Å². The Morgan fingerprint density at radius 2 is 1.50 bits per heavy atom. The van der Waals surface area contributed by atoms with Crippen molar-refractivity contribution in [2.75, 3.05) is 0 Å². The third kappa shape index (κ3) is 8.44. The maximum Gasteiger partial charge on any atom is 0.516 e. The second kappa shape index (κ2) is 6.17. The normalized spacial score (nSPS) is 7.67. The molecule has 6 heteroatoms. The van der Waals surface area contributed by atoms with Crippen LogP contribution in [-0.4, -0.2) is 22.5 Å². The van der Waals surface area contributed by atoms with Crippen molar-refractivity contribution in [2.24, 2.45) is 0 Å². The van der Waals surface area contributed by atoms with Crippen LogP contribution in [-0.2, 0) is 4.74 Å². The highest BCUT2D eigenvalue weighted by Gasteiger charge is 2.01. The van der Waals surface area contributed by atoms with E-state index in [1.807, 2.05) is 22.9 Å². The Kier molecular flexibility index (Phi) is 5.37. The predicted octanol–water partition coefficient (Wildman–Crippen LogP) is 2.11. The molecule has 1 heterocycles. The second-order valence-electron chi connectivity index (χ2n) is 1.43. The van der Waals surface area contributed by atoms with Crippen LogP contribution in [0.25, 0.3) is 0 Å². The summed E-state index contributed by atoms with van der Waals surface area (Å²) < 4.78 is 3.08. The molecular formula is C6H6O5S. The summed E-state index contributed by atoms with van der Waals surface area (Å²) >= 11 is 1.71. The Bertz CT molecular complexity index is 201. The minimum absolute atomic E-state index is 1.71. The monoisotopic (exact) mass is 190 g/mol. The highest BCUT2D eigenvalue weighted by molar-refractivity contribution is 7.07. The van der Waals surface area contributed by atoms with E-state index in [4.69, 9.17) is 10.2 Å². The zero-order valence-corrected chi connectivity index (χ0v) is 6.65. The molecular weight excluding hydrogens is 184 g/mol. The first-order valence-corrected chi connectivity index (χ1v) is 3.68. The Hall–Kier alpha value is -1.56. The fraction of sp³-hybridized carbons (Fsp3) is 0. The Labute approximate surface area is 71.8 Å². The molecule has 1 aromatic heterocycles. The van der Waals surface area contributed by atoms with Gasteiger partial charge in [-0.25, -0.2) is 9.59 Å². The van der Waals surface area contributed by atoms with Gasteiger partial charge in [0.15, 0.2) is 0 Å². The third-order valence-corrected chi connectivity index (χ3v) is 1.23. The minimum atomic E-state index is -1.81. The molecule has 0 aliphatic heterocycles. The van der Waals surface area contributed by atoms with E-state index in [1.165, 1.54) is 0 Å². The molecule has 0 radical (unpaired) electrons. The van der Waals surface area contributed by atoms with E-state index < -0.39 is 12.3 Å². The zero-order chi connectivity index (χ0) is 9.40. The molecule has 2 N–H and O–H groups in total. The molecule has 0 aliphatic rings. The van der Waals surface area contributed by atoms with Crippen LogP contribution in [0.5, 0.6) is 0 Å². The first-order chi connectivity index (χ1) is 5.63. The van der Waals surface area contributed by atoms with Crippen molar-refractivity contribution < 1.29 is 24.5 Å². The highest BCUT2D eigenvalue weighted by atomic mass is 32.1. The lowest BCUT2D eigenvalue weighted by molar-refractivity contribution is 0.0802. The summed E-state index contributed by atoms with van der Waals surface area (Å²) in [4.78, 5) is 18.4. The number of hydrogen-bond acceptors (Lipinski definition) is 4. The van der Waals surface area contributed by atoms with Crippen molar-refractivity contribution in [3.63, 3.8) is 0 Å². The Morgan fingerprint density at radius 1 is 1.08 bits per heavy atom. The molecule has 0 atom stereocenters. The molecule has 0 saturated carbocycles. The van der Waals surface area contributed by atoms with Crippen molar-refractivity contribution in [3.05, 3.63) is 22.9 Å². The van der Waals surface area contributed by atoms with Crippen molar-refractivity contribution in [3.8, 4) is 0 Å². The molecule has 12 heavy (non-hydrogen) atoms. The van der Waals surface area contributed by atoms with Crippen molar-refractivity contribution in [1.82, 2.24) is 0 Å². The molecule has 1 aromatic rings. The molecule has 0 aromatic carbocycles. The molecule has 0 saturated heterocycles. The van der Waals surface area contributed by atoms with Gasteiger partial charge in [-0.3, -0.25) is 0 Å². The van der Waals surface area contributed by atoms with Gasteiger partial charge >= 0.3 is 12.3 Å². The summed E-state index contributed by atoms with van der Waals surface area (Å²) in [5.41, 5.74) is 0. The maximum absolute atomic E-state index is 9.21. The Morgan fingerprint density at radius 3 is 1.58 bits per heavy atom. The fourth-order valence-corrected chi connectivity index (χ4v) is 0.755. The summed E-state index contributed by atoms with van der Waals surface area (Å²) in [6.45, 7) is 0. The third-order valence-electron chi connectivity index (χ3n) is 0.600. The van der Waals surface area contributed by atoms with Crippen LogP contribution in [0.2, 0.25) is 0 Å². The second-order valence-corrected chi connectivity index (χ2v) is 2.24. The molecule has 0 bridgehead atoms. The largest absolute Gasteiger partial charge is 0.516 e. The van der Waals surface area contributed by atoms with Gasteiger partial charge in [0.25, 0.3) is 0 Å². The summed E-state index contributed by atoms with van der Waals surface area (Å²) in [6.07, 6.45) is -3.62. The summed E-state index contributed by atoms with van der Waals surface area (Å²) in [5, 5.41) is 19.0. The molecule has 5 nitrogen and oxygen atoms in total. The van der Waals surface area contributed by atoms with Crippen LogP contribution >= 0.6 is 11.3 Å². The number of carboxylic acid groups (broad SMARTS) is 2. The summed E-state index contributed by atoms with van der Waals surface area (Å²) in [6, 6.07) is 4.04. The van der Waals surface area contributed by atoms with Gasteiger partial charge in [-0.1, -0.05) is 12.1 Å². The molecule has 0 amide bonds. The fourth-order valence-electron chi connectivity index (χ4n) is 0.301. The molecule has 0 aliphatic carbocycles. The Balaban J connectivity index is 0.000000211. The van der Waals surface area contributed by atoms with E-state index in [9.17, 15) is 9.59 Å². The first kappa shape index (κ1) is 10.4. The van der Waals surface area contributed by atoms with E-state index in [2.05, 4.69) is 4.74 Å². The first-order valence-electron chi connectivity index (χ1n) is 2.74. The van der Waals surface area contributed by atoms with Crippen LogP contribution in [0, 0.1) is 0 Å². The van der Waals surface area contributed by atoms with Crippen molar-refractivity contribution in [1.29, 1.82) is 0 Å². The van der Waals surface area contributed by atoms with Crippen LogP contribution in [0.1, 0.15) is 0 Å². The van der Waals surface area contributed by atoms with Gasteiger partial charge < -0.3 is 14.9 Å². The van der Waals surface area contributed by atoms with Crippen molar-refractivity contribution >= 4 is 23.6 Å². The number of ether oxygens (including phenoxy) is 1. The van der Waals surface area contributed by atoms with E-state index in [0.717, 1.165) is 0 Å². The van der Waals surface area contributed by atoms with E-state index in [1.54, 1.807) is 11.3 Å². The average molecular weight is 190 g/mol. The SMILES string of the molecule is O=C(O)OC(=O)O.c1ccsc1. The van der Waals surface area contributed by atoms with Gasteiger partial charge in [0.05, 0.1) is 0 Å². The van der Waals surface area contributed by atoms with Gasteiger partial charge in [-0.05, 0) is 10.8 Å². The van der Waals surface area contributed by atoms with E-state index in [0.29, 0.717) is 0 Å². The zero-order valence-electron chi connectivity index (χ0n) is 5.84. The maximum atomic E-state index is 9.21. The van der Waals surface area contributed by atoms with Gasteiger partial charge in [-0.15, -0.1) is 0 Å². The van der Waals surface area contributed by atoms with E-state index in [-0.39, 0.29) is 0 Å². The lowest BCUT2D eigenvalue weighted by Crippen LogP contribution is -2.05.